The summed E-state index contributed by atoms with van der Waals surface area (Å²) in [6.45, 7) is 10.4. The number of aliphatic carboxylic acids is 3. The van der Waals surface area contributed by atoms with Crippen LogP contribution in [0.2, 0.25) is 0 Å². The van der Waals surface area contributed by atoms with E-state index >= 15 is 0 Å². The summed E-state index contributed by atoms with van der Waals surface area (Å²) in [6.07, 6.45) is 0.0881. The molecular weight excluding hydrogens is 1170 g/mol. The number of aliphatic hydroxyl groups excluding tert-OH is 1. The molecule has 0 bridgehead atoms. The number of carbonyl (C=O) groups is 13. The lowest BCUT2D eigenvalue weighted by molar-refractivity contribution is -0.148. The molecule has 3 aliphatic heterocycles. The number of rotatable bonds is 34. The summed E-state index contributed by atoms with van der Waals surface area (Å²) in [6, 6.07) is -8.93. The molecule has 3 aliphatic rings. The summed E-state index contributed by atoms with van der Waals surface area (Å²) < 4.78 is 0. The van der Waals surface area contributed by atoms with Gasteiger partial charge in [0, 0.05) is 38.9 Å². The van der Waals surface area contributed by atoms with Crippen LogP contribution in [0.3, 0.4) is 0 Å². The SMILES string of the molecule is CC[C@H](C)[C@H](N)C(=O)N[C@@H](CC(C)C)C(=O)N1CCC[C@H]1C(=O)N[C@H](C(=O)N[C@@H](C)C(=O)N1CCC[C@H]1C(=O)N1CCC[C@H]1C(=O)N[C@@H](CCC(=O)O)C(=O)N[C@@H](Cc1ccc(O)cc1)C(=O)N[C@@H](CCSC)C(=O)N[C@@H](CCC(=O)O)C(=O)O)[C@@H](C)O. The van der Waals surface area contributed by atoms with Crippen LogP contribution in [0.1, 0.15) is 131 Å². The van der Waals surface area contributed by atoms with Gasteiger partial charge in [0.25, 0.3) is 0 Å². The van der Waals surface area contributed by atoms with Crippen LogP contribution in [-0.4, -0.2) is 221 Å². The Kier molecular flexibility index (Phi) is 28.8. The van der Waals surface area contributed by atoms with E-state index in [1.54, 1.807) is 6.26 Å². The Morgan fingerprint density at radius 1 is 0.580 bits per heavy atom. The molecular formula is C58H89N11O18S. The number of phenolic OH excluding ortho intramolecular Hbond substituents is 1. The van der Waals surface area contributed by atoms with E-state index in [-0.39, 0.29) is 81.5 Å². The van der Waals surface area contributed by atoms with Gasteiger partial charge in [-0.3, -0.25) is 57.5 Å². The standard InChI is InChI=1S/C58H89N11O18S/c1-8-31(4)46(59)53(81)65-40(28-30(2)3)56(84)67-24-9-13-42(67)52(80)66-47(33(6)70)54(82)60-32(5)55(83)69-26-11-14-43(69)57(85)68-25-10-12-41(68)51(79)62-36(19-21-44(72)73)48(76)64-39(29-34-15-17-35(71)18-16-34)50(78)61-37(23-27-88-7)49(77)63-38(58(86)87)20-22-45(74)75/h15-18,30-33,36-43,46-47,70-71H,8-14,19-29,59H2,1-7H3,(H,60,82)(H,61,78)(H,62,79)(H,63,77)(H,64,76)(H,65,81)(H,66,80)(H,72,73)(H,74,75)(H,86,87)/t31-,32-,33+,36-,37-,38-,39-,40-,41-,42-,43-,46-,47-/m0/s1. The van der Waals surface area contributed by atoms with Crippen LogP contribution < -0.4 is 43.0 Å². The highest BCUT2D eigenvalue weighted by Gasteiger charge is 2.45. The molecule has 29 nitrogen and oxygen atoms in total. The Labute approximate surface area is 515 Å². The smallest absolute Gasteiger partial charge is 0.326 e. The average molecular weight is 1260 g/mol. The van der Waals surface area contributed by atoms with Crippen LogP contribution in [0.25, 0.3) is 0 Å². The summed E-state index contributed by atoms with van der Waals surface area (Å²) in [7, 11) is 0. The fourth-order valence-electron chi connectivity index (χ4n) is 10.8. The van der Waals surface area contributed by atoms with Crippen LogP contribution in [0, 0.1) is 11.8 Å². The van der Waals surface area contributed by atoms with Gasteiger partial charge in [0.1, 0.15) is 66.2 Å². The molecule has 490 valence electrons. The van der Waals surface area contributed by atoms with Gasteiger partial charge in [0.05, 0.1) is 12.1 Å². The number of likely N-dealkylation sites (tertiary alicyclic amines) is 3. The van der Waals surface area contributed by atoms with Gasteiger partial charge in [-0.05, 0) is 120 Å². The minimum atomic E-state index is -1.64. The molecule has 13 atom stereocenters. The van der Waals surface area contributed by atoms with Crippen molar-refractivity contribution in [2.24, 2.45) is 17.6 Å². The average Bonchev–Trinajstić information content (AvgIpc) is 4.23. The highest BCUT2D eigenvalue weighted by atomic mass is 32.2. The van der Waals surface area contributed by atoms with Gasteiger partial charge in [0.2, 0.25) is 59.1 Å². The molecule has 30 heteroatoms. The van der Waals surface area contributed by atoms with Crippen molar-refractivity contribution >= 4 is 88.7 Å². The number of benzene rings is 1. The number of nitrogens with two attached hydrogens (primary N) is 1. The van der Waals surface area contributed by atoms with Gasteiger partial charge < -0.3 is 83.2 Å². The zero-order valence-corrected chi connectivity index (χ0v) is 51.8. The summed E-state index contributed by atoms with van der Waals surface area (Å²) in [5.41, 5.74) is 6.56. The maximum atomic E-state index is 14.5. The number of aromatic hydroxyl groups is 1. The molecule has 88 heavy (non-hydrogen) atoms. The number of nitrogens with one attached hydrogen (secondary N) is 7. The molecule has 1 aromatic carbocycles. The number of carbonyl (C=O) groups excluding carboxylic acids is 10. The number of aliphatic hydroxyl groups is 1. The minimum Gasteiger partial charge on any atom is -0.508 e. The lowest BCUT2D eigenvalue weighted by Crippen LogP contribution is -2.61. The number of carboxylic acid groups (broad SMARTS) is 3. The fraction of sp³-hybridized carbons (Fsp3) is 0.672. The first-order valence-electron chi connectivity index (χ1n) is 29.9. The van der Waals surface area contributed by atoms with Crippen LogP contribution in [-0.2, 0) is 68.7 Å². The fourth-order valence-corrected chi connectivity index (χ4v) is 11.2. The van der Waals surface area contributed by atoms with Crippen molar-refractivity contribution in [2.75, 3.05) is 31.6 Å². The first-order valence-corrected chi connectivity index (χ1v) is 31.3. The number of thioether (sulfide) groups is 1. The van der Waals surface area contributed by atoms with E-state index in [0.29, 0.717) is 31.2 Å². The first-order chi connectivity index (χ1) is 41.5. The van der Waals surface area contributed by atoms with E-state index in [9.17, 15) is 82.8 Å². The number of nitrogens with zero attached hydrogens (tertiary/aromatic N) is 3. The molecule has 4 rings (SSSR count). The van der Waals surface area contributed by atoms with Crippen molar-refractivity contribution in [1.82, 2.24) is 51.9 Å². The van der Waals surface area contributed by atoms with E-state index in [4.69, 9.17) is 10.8 Å². The van der Waals surface area contributed by atoms with Crippen molar-refractivity contribution in [3.63, 3.8) is 0 Å². The van der Waals surface area contributed by atoms with Gasteiger partial charge in [-0.15, -0.1) is 0 Å². The van der Waals surface area contributed by atoms with Crippen LogP contribution >= 0.6 is 11.8 Å². The third-order valence-electron chi connectivity index (χ3n) is 16.0. The van der Waals surface area contributed by atoms with E-state index in [2.05, 4.69) is 37.2 Å². The Morgan fingerprint density at radius 2 is 1.06 bits per heavy atom. The van der Waals surface area contributed by atoms with E-state index in [1.165, 1.54) is 64.6 Å². The largest absolute Gasteiger partial charge is 0.508 e. The zero-order valence-electron chi connectivity index (χ0n) is 51.0. The number of hydrogen-bond donors (Lipinski definition) is 13. The molecule has 0 aromatic heterocycles. The maximum absolute atomic E-state index is 14.5. The molecule has 3 heterocycles. The highest BCUT2D eigenvalue weighted by Crippen LogP contribution is 2.27. The summed E-state index contributed by atoms with van der Waals surface area (Å²) in [4.78, 5) is 179. The number of hydrogen-bond acceptors (Lipinski definition) is 17. The summed E-state index contributed by atoms with van der Waals surface area (Å²) >= 11 is 1.29. The normalized spacial score (nSPS) is 19.9. The lowest BCUT2D eigenvalue weighted by atomic mass is 9.97. The van der Waals surface area contributed by atoms with Gasteiger partial charge >= 0.3 is 17.9 Å². The van der Waals surface area contributed by atoms with Crippen molar-refractivity contribution in [3.8, 4) is 5.75 Å². The van der Waals surface area contributed by atoms with Crippen molar-refractivity contribution in [2.45, 2.75) is 204 Å². The molecule has 0 saturated carbocycles. The van der Waals surface area contributed by atoms with E-state index in [0.717, 1.165) is 0 Å². The molecule has 3 fully saturated rings. The molecule has 3 saturated heterocycles. The second-order valence-electron chi connectivity index (χ2n) is 23.2. The number of phenols is 1. The maximum Gasteiger partial charge on any atom is 0.326 e. The summed E-state index contributed by atoms with van der Waals surface area (Å²) in [5, 5.41) is 67.0. The number of carboxylic acids is 3. The van der Waals surface area contributed by atoms with Crippen molar-refractivity contribution < 1.29 is 87.9 Å². The van der Waals surface area contributed by atoms with Crippen molar-refractivity contribution in [3.05, 3.63) is 29.8 Å². The van der Waals surface area contributed by atoms with Crippen molar-refractivity contribution in [1.29, 1.82) is 0 Å². The van der Waals surface area contributed by atoms with Gasteiger partial charge in [0.15, 0.2) is 0 Å². The van der Waals surface area contributed by atoms with Gasteiger partial charge in [-0.1, -0.05) is 46.2 Å². The van der Waals surface area contributed by atoms with Gasteiger partial charge in [-0.2, -0.15) is 11.8 Å². The third kappa shape index (κ3) is 21.3. The second-order valence-corrected chi connectivity index (χ2v) is 24.2. The Morgan fingerprint density at radius 3 is 1.59 bits per heavy atom. The monoisotopic (exact) mass is 1260 g/mol. The Balaban J connectivity index is 1.48. The zero-order chi connectivity index (χ0) is 65.7. The molecule has 0 spiro atoms. The van der Waals surface area contributed by atoms with E-state index < -0.39 is 175 Å². The summed E-state index contributed by atoms with van der Waals surface area (Å²) in [5.74, 6) is -12.1. The first kappa shape index (κ1) is 72.9. The van der Waals surface area contributed by atoms with Gasteiger partial charge in [-0.25, -0.2) is 4.79 Å². The molecule has 0 unspecified atom stereocenters. The third-order valence-corrected chi connectivity index (χ3v) is 16.6. The van der Waals surface area contributed by atoms with Crippen LogP contribution in [0.15, 0.2) is 24.3 Å². The van der Waals surface area contributed by atoms with Crippen LogP contribution in [0.4, 0.5) is 0 Å². The Bertz CT molecular complexity index is 2670. The number of amides is 10. The molecule has 0 radical (unpaired) electrons. The minimum absolute atomic E-state index is 0.0291. The predicted molar refractivity (Wildman–Crippen MR) is 318 cm³/mol. The van der Waals surface area contributed by atoms with Crippen LogP contribution in [0.5, 0.6) is 5.75 Å². The molecule has 14 N–H and O–H groups in total. The predicted octanol–water partition coefficient (Wildman–Crippen LogP) is -1.31. The highest BCUT2D eigenvalue weighted by molar-refractivity contribution is 7.98. The quantitative estimate of drug-likeness (QED) is 0.0381. The Hall–Kier alpha value is -7.60. The molecule has 10 amide bonds. The second kappa shape index (κ2) is 34.8. The molecule has 1 aromatic rings. The molecule has 0 aliphatic carbocycles. The topological polar surface area (TPSA) is 443 Å². The van der Waals surface area contributed by atoms with E-state index in [1.807, 2.05) is 27.7 Å². The lowest BCUT2D eigenvalue weighted by Gasteiger charge is -2.33.